The fourth-order valence-electron chi connectivity index (χ4n) is 3.49. The molecule has 0 aliphatic carbocycles. The third-order valence-electron chi connectivity index (χ3n) is 5.19. The van der Waals surface area contributed by atoms with Gasteiger partial charge in [-0.25, -0.2) is 9.97 Å². The van der Waals surface area contributed by atoms with Crippen molar-refractivity contribution in [3.05, 3.63) is 53.4 Å². The molecule has 32 heavy (non-hydrogen) atoms. The number of ether oxygens (including phenoxy) is 2. The summed E-state index contributed by atoms with van der Waals surface area (Å²) in [6.45, 7) is 7.50. The molecular formula is C24H32N6O2. The van der Waals surface area contributed by atoms with Crippen LogP contribution in [0.25, 0.3) is 17.2 Å². The summed E-state index contributed by atoms with van der Waals surface area (Å²) >= 11 is 0. The molecule has 1 aliphatic rings. The fourth-order valence-corrected chi connectivity index (χ4v) is 3.49. The number of morpholine rings is 1. The van der Waals surface area contributed by atoms with Gasteiger partial charge in [0.25, 0.3) is 0 Å². The van der Waals surface area contributed by atoms with Crippen LogP contribution in [-0.2, 0) is 16.5 Å². The summed E-state index contributed by atoms with van der Waals surface area (Å²) in [6.07, 6.45) is 3.86. The van der Waals surface area contributed by atoms with Gasteiger partial charge >= 0.3 is 0 Å². The zero-order valence-electron chi connectivity index (χ0n) is 19.3. The molecule has 2 aromatic heterocycles. The summed E-state index contributed by atoms with van der Waals surface area (Å²) < 4.78 is 12.4. The Hall–Kier alpha value is -3.23. The molecule has 3 N–H and O–H groups in total. The third kappa shape index (κ3) is 5.72. The number of aryl methyl sites for hydroxylation is 2. The Morgan fingerprint density at radius 3 is 2.62 bits per heavy atom. The first kappa shape index (κ1) is 23.4. The molecule has 1 aliphatic heterocycles. The maximum Gasteiger partial charge on any atom is 0.164 e. The molecule has 0 unspecified atom stereocenters. The Bertz CT molecular complexity index is 1100. The van der Waals surface area contributed by atoms with Crippen LogP contribution in [0.5, 0.6) is 0 Å². The van der Waals surface area contributed by atoms with Gasteiger partial charge in [0.2, 0.25) is 0 Å². The highest BCUT2D eigenvalue weighted by Gasteiger charge is 2.19. The van der Waals surface area contributed by atoms with Crippen LogP contribution in [0.3, 0.4) is 0 Å². The number of imidazole rings is 1. The molecule has 8 heteroatoms. The van der Waals surface area contributed by atoms with E-state index in [1.54, 1.807) is 14.0 Å². The van der Waals surface area contributed by atoms with Gasteiger partial charge in [-0.05, 0) is 25.5 Å². The maximum atomic E-state index is 7.33. The number of pyridine rings is 1. The third-order valence-corrected chi connectivity index (χ3v) is 5.19. The standard InChI is InChI=1S/C15H21N5O2.C9H11N/c1-19-13(4-3-7-21-2)18-14-11(10-12(16)17-15(14)19)20-5-8-22-9-6-20;1-7-4-3-5-9(6-7)8(2)10/h3-4,10H,5-9H2,1-2H3,(H2,16,17);3-6,10H,1-2H3/b4-3+;. The Morgan fingerprint density at radius 1 is 1.25 bits per heavy atom. The Kier molecular flexibility index (Phi) is 7.97. The van der Waals surface area contributed by atoms with E-state index < -0.39 is 0 Å². The molecule has 0 bridgehead atoms. The van der Waals surface area contributed by atoms with Gasteiger partial charge in [0.1, 0.15) is 17.2 Å². The largest absolute Gasteiger partial charge is 0.384 e. The predicted molar refractivity (Wildman–Crippen MR) is 131 cm³/mol. The van der Waals surface area contributed by atoms with E-state index in [2.05, 4.69) is 9.88 Å². The number of aromatic nitrogens is 3. The van der Waals surface area contributed by atoms with E-state index in [4.69, 9.17) is 25.6 Å². The summed E-state index contributed by atoms with van der Waals surface area (Å²) in [5.41, 5.74) is 11.5. The number of hydrogen-bond donors (Lipinski definition) is 2. The number of nitrogens with two attached hydrogens (primary N) is 1. The van der Waals surface area contributed by atoms with Gasteiger partial charge in [-0.1, -0.05) is 35.9 Å². The van der Waals surface area contributed by atoms with E-state index in [0.29, 0.717) is 18.1 Å². The van der Waals surface area contributed by atoms with E-state index in [9.17, 15) is 0 Å². The first-order valence-electron chi connectivity index (χ1n) is 10.6. The van der Waals surface area contributed by atoms with Gasteiger partial charge in [-0.2, -0.15) is 0 Å². The van der Waals surface area contributed by atoms with Crippen molar-refractivity contribution in [1.82, 2.24) is 14.5 Å². The van der Waals surface area contributed by atoms with Gasteiger partial charge in [0.05, 0.1) is 25.5 Å². The lowest BCUT2D eigenvalue weighted by atomic mass is 10.1. The van der Waals surface area contributed by atoms with Crippen LogP contribution in [-0.4, -0.2) is 60.3 Å². The number of benzene rings is 1. The molecule has 4 rings (SSSR count). The van der Waals surface area contributed by atoms with Crippen LogP contribution in [0.1, 0.15) is 23.9 Å². The SMILES string of the molecule is CC(=N)c1cccc(C)c1.COC/C=C/c1nc2c(N3CCOCC3)cc(N)nc2n1C. The number of hydrogen-bond acceptors (Lipinski definition) is 7. The van der Waals surface area contributed by atoms with E-state index in [1.807, 2.05) is 61.0 Å². The normalized spacial score (nSPS) is 13.9. The van der Waals surface area contributed by atoms with Gasteiger partial charge < -0.3 is 30.1 Å². The highest BCUT2D eigenvalue weighted by molar-refractivity contribution is 5.96. The van der Waals surface area contributed by atoms with Crippen molar-refractivity contribution in [3.8, 4) is 0 Å². The molecule has 8 nitrogen and oxygen atoms in total. The smallest absolute Gasteiger partial charge is 0.164 e. The molecule has 0 amide bonds. The minimum absolute atomic E-state index is 0.504. The van der Waals surface area contributed by atoms with Crippen LogP contribution in [0, 0.1) is 12.3 Å². The zero-order chi connectivity index (χ0) is 23.1. The molecule has 1 fully saturated rings. The van der Waals surface area contributed by atoms with E-state index >= 15 is 0 Å². The zero-order valence-corrected chi connectivity index (χ0v) is 19.3. The van der Waals surface area contributed by atoms with E-state index in [0.717, 1.165) is 54.5 Å². The Balaban J connectivity index is 0.000000243. The van der Waals surface area contributed by atoms with Gasteiger partial charge in [-0.3, -0.25) is 0 Å². The van der Waals surface area contributed by atoms with Crippen molar-refractivity contribution in [2.75, 3.05) is 50.7 Å². The Labute approximate surface area is 189 Å². The van der Waals surface area contributed by atoms with Gasteiger partial charge in [0, 0.05) is 39.0 Å². The lowest BCUT2D eigenvalue weighted by Gasteiger charge is -2.29. The minimum atomic E-state index is 0.504. The highest BCUT2D eigenvalue weighted by Crippen LogP contribution is 2.28. The van der Waals surface area contributed by atoms with Crippen LogP contribution in [0.4, 0.5) is 11.5 Å². The Morgan fingerprint density at radius 2 is 2.00 bits per heavy atom. The number of nitrogen functional groups attached to an aromatic ring is 1. The van der Waals surface area contributed by atoms with E-state index in [-0.39, 0.29) is 0 Å². The van der Waals surface area contributed by atoms with Crippen LogP contribution in [0.15, 0.2) is 36.4 Å². The lowest BCUT2D eigenvalue weighted by molar-refractivity contribution is 0.123. The summed E-state index contributed by atoms with van der Waals surface area (Å²) in [4.78, 5) is 11.4. The summed E-state index contributed by atoms with van der Waals surface area (Å²) in [7, 11) is 3.61. The second kappa shape index (κ2) is 10.9. The molecule has 1 saturated heterocycles. The van der Waals surface area contributed by atoms with Gasteiger partial charge in [-0.15, -0.1) is 0 Å². The topological polar surface area (TPSA) is 102 Å². The minimum Gasteiger partial charge on any atom is -0.384 e. The number of anilines is 2. The molecule has 0 spiro atoms. The summed E-state index contributed by atoms with van der Waals surface area (Å²) in [6, 6.07) is 9.87. The number of rotatable bonds is 5. The maximum absolute atomic E-state index is 7.33. The number of methoxy groups -OCH3 is 1. The van der Waals surface area contributed by atoms with Crippen LogP contribution < -0.4 is 10.6 Å². The molecular weight excluding hydrogens is 404 g/mol. The summed E-state index contributed by atoms with van der Waals surface area (Å²) in [5, 5.41) is 7.33. The molecule has 0 saturated carbocycles. The predicted octanol–water partition coefficient (Wildman–Crippen LogP) is 3.43. The number of nitrogens with zero attached hydrogens (tertiary/aromatic N) is 4. The quantitative estimate of drug-likeness (QED) is 0.594. The molecule has 0 atom stereocenters. The number of fused-ring (bicyclic) bond motifs is 1. The molecule has 3 aromatic rings. The van der Waals surface area contributed by atoms with Crippen LogP contribution in [0.2, 0.25) is 0 Å². The lowest BCUT2D eigenvalue weighted by Crippen LogP contribution is -2.36. The fraction of sp³-hybridized carbons (Fsp3) is 0.375. The van der Waals surface area contributed by atoms with Crippen molar-refractivity contribution >= 4 is 34.5 Å². The van der Waals surface area contributed by atoms with E-state index in [1.165, 1.54) is 5.56 Å². The van der Waals surface area contributed by atoms with Crippen molar-refractivity contribution in [2.45, 2.75) is 13.8 Å². The summed E-state index contributed by atoms with van der Waals surface area (Å²) in [5.74, 6) is 1.34. The highest BCUT2D eigenvalue weighted by atomic mass is 16.5. The van der Waals surface area contributed by atoms with Crippen molar-refractivity contribution < 1.29 is 9.47 Å². The first-order valence-corrected chi connectivity index (χ1v) is 10.6. The van der Waals surface area contributed by atoms with Crippen molar-refractivity contribution in [3.63, 3.8) is 0 Å². The molecule has 1 aromatic carbocycles. The van der Waals surface area contributed by atoms with Crippen LogP contribution >= 0.6 is 0 Å². The monoisotopic (exact) mass is 436 g/mol. The molecule has 3 heterocycles. The van der Waals surface area contributed by atoms with Crippen molar-refractivity contribution in [1.29, 1.82) is 5.41 Å². The number of nitrogens with one attached hydrogen (secondary N) is 1. The average molecular weight is 437 g/mol. The molecule has 170 valence electrons. The second-order valence-corrected chi connectivity index (χ2v) is 7.72. The molecule has 0 radical (unpaired) electrons. The average Bonchev–Trinajstić information content (AvgIpc) is 3.10. The van der Waals surface area contributed by atoms with Crippen molar-refractivity contribution in [2.24, 2.45) is 7.05 Å². The first-order chi connectivity index (χ1) is 15.4. The van der Waals surface area contributed by atoms with Gasteiger partial charge in [0.15, 0.2) is 5.65 Å². The second-order valence-electron chi connectivity index (χ2n) is 7.72.